The minimum atomic E-state index is -3.41. The summed E-state index contributed by atoms with van der Waals surface area (Å²) < 4.78 is 32.2. The summed E-state index contributed by atoms with van der Waals surface area (Å²) in [5.41, 5.74) is 1.06. The van der Waals surface area contributed by atoms with Crippen LogP contribution >= 0.6 is 15.9 Å². The topological polar surface area (TPSA) is 46.6 Å². The third-order valence-electron chi connectivity index (χ3n) is 3.10. The largest absolute Gasteiger partial charge is 0.373 e. The van der Waals surface area contributed by atoms with Crippen molar-refractivity contribution in [3.8, 4) is 0 Å². The van der Waals surface area contributed by atoms with Gasteiger partial charge >= 0.3 is 0 Å². The van der Waals surface area contributed by atoms with Crippen LogP contribution < -0.4 is 0 Å². The Labute approximate surface area is 122 Å². The van der Waals surface area contributed by atoms with E-state index in [0.29, 0.717) is 18.0 Å². The zero-order chi connectivity index (χ0) is 14.0. The Balaban J connectivity index is 2.25. The van der Waals surface area contributed by atoms with E-state index in [9.17, 15) is 8.42 Å². The zero-order valence-corrected chi connectivity index (χ0v) is 13.4. The molecule has 1 aliphatic rings. The molecule has 1 aromatic carbocycles. The highest BCUT2D eigenvalue weighted by Gasteiger charge is 2.31. The van der Waals surface area contributed by atoms with Crippen molar-refractivity contribution >= 4 is 26.0 Å². The maximum absolute atomic E-state index is 12.5. The standard InChI is InChI=1S/C13H18BrNO3S/c1-10-8-15(9-11(2)18-10)19(16,17)13-5-3-12(7-14)4-6-13/h3-6,10-11H,7-9H2,1-2H3. The number of morpholine rings is 1. The average Bonchev–Trinajstić information content (AvgIpc) is 2.37. The van der Waals surface area contributed by atoms with E-state index >= 15 is 0 Å². The molecule has 6 heteroatoms. The molecule has 0 radical (unpaired) electrons. The lowest BCUT2D eigenvalue weighted by Crippen LogP contribution is -2.48. The molecular formula is C13H18BrNO3S. The van der Waals surface area contributed by atoms with Gasteiger partial charge < -0.3 is 4.74 Å². The highest BCUT2D eigenvalue weighted by Crippen LogP contribution is 2.21. The molecule has 0 amide bonds. The van der Waals surface area contributed by atoms with Crippen molar-refractivity contribution in [3.63, 3.8) is 0 Å². The molecular weight excluding hydrogens is 330 g/mol. The minimum absolute atomic E-state index is 0.0691. The number of benzene rings is 1. The van der Waals surface area contributed by atoms with Crippen LogP contribution in [0.1, 0.15) is 19.4 Å². The molecule has 0 aromatic heterocycles. The molecule has 0 saturated carbocycles. The lowest BCUT2D eigenvalue weighted by Gasteiger charge is -2.34. The number of ether oxygens (including phenoxy) is 1. The van der Waals surface area contributed by atoms with Gasteiger partial charge in [-0.2, -0.15) is 4.31 Å². The Morgan fingerprint density at radius 1 is 1.21 bits per heavy atom. The number of rotatable bonds is 3. The Morgan fingerprint density at radius 3 is 2.21 bits per heavy atom. The monoisotopic (exact) mass is 347 g/mol. The molecule has 2 unspecified atom stereocenters. The smallest absolute Gasteiger partial charge is 0.243 e. The molecule has 0 N–H and O–H groups in total. The van der Waals surface area contributed by atoms with Gasteiger partial charge in [-0.25, -0.2) is 8.42 Å². The molecule has 0 aliphatic carbocycles. The first-order chi connectivity index (χ1) is 8.93. The van der Waals surface area contributed by atoms with E-state index in [2.05, 4.69) is 15.9 Å². The van der Waals surface area contributed by atoms with Gasteiger partial charge in [0, 0.05) is 18.4 Å². The van der Waals surface area contributed by atoms with E-state index in [0.717, 1.165) is 10.9 Å². The maximum atomic E-state index is 12.5. The van der Waals surface area contributed by atoms with Gasteiger partial charge in [-0.15, -0.1) is 0 Å². The first kappa shape index (κ1) is 15.0. The van der Waals surface area contributed by atoms with Crippen LogP contribution in [0.25, 0.3) is 0 Å². The van der Waals surface area contributed by atoms with Gasteiger partial charge in [0.05, 0.1) is 17.1 Å². The van der Waals surface area contributed by atoms with Crippen LogP contribution in [0.5, 0.6) is 0 Å². The predicted molar refractivity (Wildman–Crippen MR) is 77.8 cm³/mol. The molecule has 2 atom stereocenters. The van der Waals surface area contributed by atoms with Crippen LogP contribution in [0.3, 0.4) is 0 Å². The quantitative estimate of drug-likeness (QED) is 0.788. The van der Waals surface area contributed by atoms with E-state index in [4.69, 9.17) is 4.74 Å². The lowest BCUT2D eigenvalue weighted by atomic mass is 10.2. The van der Waals surface area contributed by atoms with Crippen molar-refractivity contribution < 1.29 is 13.2 Å². The molecule has 1 aromatic rings. The Morgan fingerprint density at radius 2 is 1.74 bits per heavy atom. The molecule has 2 rings (SSSR count). The summed E-state index contributed by atoms with van der Waals surface area (Å²) in [6.07, 6.45) is -0.138. The number of alkyl halides is 1. The lowest BCUT2D eigenvalue weighted by molar-refractivity contribution is -0.0440. The van der Waals surface area contributed by atoms with Gasteiger partial charge in [-0.1, -0.05) is 28.1 Å². The number of hydrogen-bond acceptors (Lipinski definition) is 3. The van der Waals surface area contributed by atoms with Gasteiger partial charge in [0.1, 0.15) is 0 Å². The summed E-state index contributed by atoms with van der Waals surface area (Å²) in [5, 5.41) is 0.721. The van der Waals surface area contributed by atoms with E-state index in [1.807, 2.05) is 26.0 Å². The van der Waals surface area contributed by atoms with Gasteiger partial charge in [-0.3, -0.25) is 0 Å². The van der Waals surface area contributed by atoms with Crippen LogP contribution in [-0.4, -0.2) is 38.0 Å². The van der Waals surface area contributed by atoms with E-state index < -0.39 is 10.0 Å². The van der Waals surface area contributed by atoms with Gasteiger partial charge in [-0.05, 0) is 31.5 Å². The zero-order valence-electron chi connectivity index (χ0n) is 11.0. The molecule has 4 nitrogen and oxygen atoms in total. The second kappa shape index (κ2) is 5.91. The van der Waals surface area contributed by atoms with Crippen LogP contribution in [0, 0.1) is 0 Å². The Bertz CT molecular complexity index is 519. The van der Waals surface area contributed by atoms with Crippen molar-refractivity contribution in [2.24, 2.45) is 0 Å². The molecule has 0 bridgehead atoms. The van der Waals surface area contributed by atoms with Crippen molar-refractivity contribution in [2.45, 2.75) is 36.3 Å². The van der Waals surface area contributed by atoms with Gasteiger partial charge in [0.2, 0.25) is 10.0 Å². The highest BCUT2D eigenvalue weighted by molar-refractivity contribution is 9.08. The van der Waals surface area contributed by atoms with Crippen molar-refractivity contribution in [2.75, 3.05) is 13.1 Å². The normalized spacial score (nSPS) is 25.4. The summed E-state index contributed by atoms with van der Waals surface area (Å²) in [6, 6.07) is 6.98. The number of sulfonamides is 1. The fourth-order valence-corrected chi connectivity index (χ4v) is 4.19. The first-order valence-corrected chi connectivity index (χ1v) is 8.80. The van der Waals surface area contributed by atoms with Crippen molar-refractivity contribution in [1.82, 2.24) is 4.31 Å². The van der Waals surface area contributed by atoms with E-state index in [1.165, 1.54) is 4.31 Å². The average molecular weight is 348 g/mol. The first-order valence-electron chi connectivity index (χ1n) is 6.24. The van der Waals surface area contributed by atoms with Gasteiger partial charge in [0.25, 0.3) is 0 Å². The molecule has 0 spiro atoms. The van der Waals surface area contributed by atoms with Crippen LogP contribution in [0.2, 0.25) is 0 Å². The summed E-state index contributed by atoms with van der Waals surface area (Å²) in [6.45, 7) is 4.61. The molecule has 1 saturated heterocycles. The van der Waals surface area contributed by atoms with Crippen LogP contribution in [0.4, 0.5) is 0 Å². The summed E-state index contributed by atoms with van der Waals surface area (Å²) in [7, 11) is -3.41. The van der Waals surface area contributed by atoms with Crippen molar-refractivity contribution in [3.05, 3.63) is 29.8 Å². The summed E-state index contributed by atoms with van der Waals surface area (Å²) in [5.74, 6) is 0. The van der Waals surface area contributed by atoms with Crippen LogP contribution in [-0.2, 0) is 20.1 Å². The summed E-state index contributed by atoms with van der Waals surface area (Å²) >= 11 is 3.35. The Hall–Kier alpha value is -0.430. The van der Waals surface area contributed by atoms with E-state index in [1.54, 1.807) is 12.1 Å². The molecule has 1 fully saturated rings. The predicted octanol–water partition coefficient (Wildman–Crippen LogP) is 2.38. The fraction of sp³-hybridized carbons (Fsp3) is 0.538. The number of halogens is 1. The Kier molecular flexibility index (Phi) is 4.66. The third-order valence-corrected chi connectivity index (χ3v) is 5.59. The second-order valence-corrected chi connectivity index (χ2v) is 7.36. The fourth-order valence-electron chi connectivity index (χ4n) is 2.23. The molecule has 1 aliphatic heterocycles. The molecule has 19 heavy (non-hydrogen) atoms. The third kappa shape index (κ3) is 3.37. The van der Waals surface area contributed by atoms with Crippen molar-refractivity contribution in [1.29, 1.82) is 0 Å². The minimum Gasteiger partial charge on any atom is -0.373 e. The van der Waals surface area contributed by atoms with Gasteiger partial charge in [0.15, 0.2) is 0 Å². The number of nitrogens with zero attached hydrogens (tertiary/aromatic N) is 1. The maximum Gasteiger partial charge on any atom is 0.243 e. The molecule has 106 valence electrons. The highest BCUT2D eigenvalue weighted by atomic mass is 79.9. The molecule has 1 heterocycles. The number of hydrogen-bond donors (Lipinski definition) is 0. The SMILES string of the molecule is CC1CN(S(=O)(=O)c2ccc(CBr)cc2)CC(C)O1. The van der Waals surface area contributed by atoms with E-state index in [-0.39, 0.29) is 12.2 Å². The second-order valence-electron chi connectivity index (χ2n) is 4.86. The van der Waals surface area contributed by atoms with Crippen LogP contribution in [0.15, 0.2) is 29.2 Å². The summed E-state index contributed by atoms with van der Waals surface area (Å²) in [4.78, 5) is 0.346.